The van der Waals surface area contributed by atoms with Gasteiger partial charge in [0, 0.05) is 19.2 Å². The van der Waals surface area contributed by atoms with Gasteiger partial charge in [-0.25, -0.2) is 17.5 Å². The Morgan fingerprint density at radius 3 is 2.35 bits per heavy atom. The van der Waals surface area contributed by atoms with Crippen molar-refractivity contribution in [3.63, 3.8) is 0 Å². The number of rotatable bonds is 4. The maximum Gasteiger partial charge on any atom is 0.331 e. The highest BCUT2D eigenvalue weighted by atomic mass is 32.2. The molecule has 7 nitrogen and oxygen atoms in total. The average molecular weight is 373 g/mol. The molecule has 1 unspecified atom stereocenters. The summed E-state index contributed by atoms with van der Waals surface area (Å²) in [4.78, 5) is 23.4. The van der Waals surface area contributed by atoms with Crippen molar-refractivity contribution in [3.8, 4) is 0 Å². The summed E-state index contributed by atoms with van der Waals surface area (Å²) in [5, 5.41) is 5.32. The number of nitrogens with zero attached hydrogens (tertiary/aromatic N) is 1. The molecule has 0 aromatic heterocycles. The summed E-state index contributed by atoms with van der Waals surface area (Å²) in [6.45, 7) is 1.47. The van der Waals surface area contributed by atoms with E-state index in [1.165, 1.54) is 31.2 Å². The van der Waals surface area contributed by atoms with Gasteiger partial charge in [0.1, 0.15) is 0 Å². The van der Waals surface area contributed by atoms with Gasteiger partial charge in [0.2, 0.25) is 5.91 Å². The predicted molar refractivity (Wildman–Crippen MR) is 97.0 cm³/mol. The topological polar surface area (TPSA) is 95.6 Å². The Balaban J connectivity index is 1.76. The lowest BCUT2D eigenvalue weighted by Gasteiger charge is -2.32. The third-order valence-electron chi connectivity index (χ3n) is 4.11. The number of carbonyl (C=O) groups is 2. The van der Waals surface area contributed by atoms with Crippen LogP contribution in [-0.2, 0) is 14.8 Å². The number of anilines is 1. The molecule has 0 radical (unpaired) electrons. The van der Waals surface area contributed by atoms with Crippen LogP contribution in [0, 0.1) is 0 Å². The summed E-state index contributed by atoms with van der Waals surface area (Å²) < 4.78 is 26.4. The normalized spacial score (nSPS) is 17.5. The molecular formula is C18H19N3O4S. The van der Waals surface area contributed by atoms with E-state index in [1.807, 2.05) is 30.3 Å². The van der Waals surface area contributed by atoms with Gasteiger partial charge in [0.15, 0.2) is 0 Å². The van der Waals surface area contributed by atoms with Crippen LogP contribution in [-0.4, -0.2) is 31.2 Å². The van der Waals surface area contributed by atoms with Crippen molar-refractivity contribution in [2.24, 2.45) is 0 Å². The molecule has 1 aliphatic rings. The zero-order valence-electron chi connectivity index (χ0n) is 14.2. The largest absolute Gasteiger partial charge is 0.331 e. The molecule has 8 heteroatoms. The van der Waals surface area contributed by atoms with Crippen molar-refractivity contribution < 1.29 is 18.0 Å². The van der Waals surface area contributed by atoms with Crippen molar-refractivity contribution in [1.29, 1.82) is 0 Å². The fourth-order valence-electron chi connectivity index (χ4n) is 2.85. The summed E-state index contributed by atoms with van der Waals surface area (Å²) >= 11 is 0. The van der Waals surface area contributed by atoms with Crippen molar-refractivity contribution in [2.75, 3.05) is 11.9 Å². The standard InChI is InChI=1S/C18H19N3O4S/c1-13(22)19-15-7-9-16(10-8-15)26(24,25)21-12-11-17(20-18(21)23)14-5-3-2-4-6-14/h2-10,17H,11-12H2,1H3,(H,19,22)(H,20,23). The molecule has 3 amide bonds. The van der Waals surface area contributed by atoms with Gasteiger partial charge in [-0.05, 0) is 36.2 Å². The Morgan fingerprint density at radius 2 is 1.77 bits per heavy atom. The SMILES string of the molecule is CC(=O)Nc1ccc(S(=O)(=O)N2CCC(c3ccccc3)NC2=O)cc1. The minimum atomic E-state index is -3.95. The van der Waals surface area contributed by atoms with Gasteiger partial charge < -0.3 is 10.6 Å². The number of hydrogen-bond acceptors (Lipinski definition) is 4. The first kappa shape index (κ1) is 17.9. The van der Waals surface area contributed by atoms with Crippen molar-refractivity contribution in [2.45, 2.75) is 24.3 Å². The fraction of sp³-hybridized carbons (Fsp3) is 0.222. The second-order valence-electron chi connectivity index (χ2n) is 5.98. The van der Waals surface area contributed by atoms with Crippen molar-refractivity contribution in [1.82, 2.24) is 9.62 Å². The van der Waals surface area contributed by atoms with Crippen LogP contribution in [0.3, 0.4) is 0 Å². The lowest BCUT2D eigenvalue weighted by molar-refractivity contribution is -0.114. The molecule has 1 saturated heterocycles. The van der Waals surface area contributed by atoms with Crippen molar-refractivity contribution >= 4 is 27.6 Å². The summed E-state index contributed by atoms with van der Waals surface area (Å²) in [6.07, 6.45) is 0.485. The van der Waals surface area contributed by atoms with Gasteiger partial charge >= 0.3 is 6.03 Å². The fourth-order valence-corrected chi connectivity index (χ4v) is 4.20. The first-order chi connectivity index (χ1) is 12.4. The van der Waals surface area contributed by atoms with Gasteiger partial charge in [0.05, 0.1) is 10.9 Å². The second-order valence-corrected chi connectivity index (χ2v) is 7.85. The Hall–Kier alpha value is -2.87. The van der Waals surface area contributed by atoms with Gasteiger partial charge in [-0.1, -0.05) is 30.3 Å². The van der Waals surface area contributed by atoms with Gasteiger partial charge in [-0.2, -0.15) is 0 Å². The van der Waals surface area contributed by atoms with Crippen LogP contribution < -0.4 is 10.6 Å². The van der Waals surface area contributed by atoms with E-state index in [0.717, 1.165) is 9.87 Å². The number of amides is 3. The number of hydrogen-bond donors (Lipinski definition) is 2. The molecule has 136 valence electrons. The molecule has 1 heterocycles. The molecule has 1 aliphatic heterocycles. The first-order valence-electron chi connectivity index (χ1n) is 8.14. The Labute approximate surface area is 152 Å². The number of benzene rings is 2. The van der Waals surface area contributed by atoms with E-state index in [9.17, 15) is 18.0 Å². The monoisotopic (exact) mass is 373 g/mol. The molecule has 0 aliphatic carbocycles. The minimum Gasteiger partial charge on any atom is -0.330 e. The Kier molecular flexibility index (Phi) is 4.94. The highest BCUT2D eigenvalue weighted by Gasteiger charge is 2.34. The molecule has 0 spiro atoms. The molecule has 0 saturated carbocycles. The quantitative estimate of drug-likeness (QED) is 0.861. The minimum absolute atomic E-state index is 0.0000804. The first-order valence-corrected chi connectivity index (χ1v) is 9.58. The number of sulfonamides is 1. The highest BCUT2D eigenvalue weighted by Crippen LogP contribution is 2.26. The van der Waals surface area contributed by atoms with Gasteiger partial charge in [0.25, 0.3) is 10.0 Å². The molecular weight excluding hydrogens is 354 g/mol. The highest BCUT2D eigenvalue weighted by molar-refractivity contribution is 7.89. The average Bonchev–Trinajstić information content (AvgIpc) is 2.62. The molecule has 26 heavy (non-hydrogen) atoms. The zero-order chi connectivity index (χ0) is 18.7. The van der Waals surface area contributed by atoms with E-state index < -0.39 is 16.1 Å². The van der Waals surface area contributed by atoms with Gasteiger partial charge in [-0.15, -0.1) is 0 Å². The summed E-state index contributed by atoms with van der Waals surface area (Å²) in [6, 6.07) is 14.3. The lowest BCUT2D eigenvalue weighted by atomic mass is 10.0. The third kappa shape index (κ3) is 3.70. The van der Waals surface area contributed by atoms with Crippen LogP contribution >= 0.6 is 0 Å². The van der Waals surface area contributed by atoms with E-state index in [-0.39, 0.29) is 23.4 Å². The van der Waals surface area contributed by atoms with E-state index in [1.54, 1.807) is 0 Å². The maximum absolute atomic E-state index is 12.8. The molecule has 3 rings (SSSR count). The smallest absolute Gasteiger partial charge is 0.330 e. The van der Waals surface area contributed by atoms with Crippen molar-refractivity contribution in [3.05, 3.63) is 60.2 Å². The summed E-state index contributed by atoms with van der Waals surface area (Å²) in [5.41, 5.74) is 1.43. The Bertz CT molecular complexity index is 911. The summed E-state index contributed by atoms with van der Waals surface area (Å²) in [5.74, 6) is -0.247. The molecule has 1 fully saturated rings. The van der Waals surface area contributed by atoms with E-state index in [2.05, 4.69) is 10.6 Å². The maximum atomic E-state index is 12.8. The van der Waals surface area contributed by atoms with Crippen LogP contribution in [0.5, 0.6) is 0 Å². The number of nitrogens with one attached hydrogen (secondary N) is 2. The molecule has 1 atom stereocenters. The van der Waals surface area contributed by atoms with Crippen LogP contribution in [0.1, 0.15) is 24.9 Å². The third-order valence-corrected chi connectivity index (χ3v) is 5.91. The second kappa shape index (κ2) is 7.17. The molecule has 2 aromatic rings. The molecule has 2 aromatic carbocycles. The lowest BCUT2D eigenvalue weighted by Crippen LogP contribution is -2.50. The Morgan fingerprint density at radius 1 is 1.12 bits per heavy atom. The predicted octanol–water partition coefficient (Wildman–Crippen LogP) is 2.49. The van der Waals surface area contributed by atoms with Crippen LogP contribution in [0.2, 0.25) is 0 Å². The zero-order valence-corrected chi connectivity index (χ0v) is 15.0. The molecule has 2 N–H and O–H groups in total. The summed E-state index contributed by atoms with van der Waals surface area (Å²) in [7, 11) is -3.95. The van der Waals surface area contributed by atoms with Crippen LogP contribution in [0.15, 0.2) is 59.5 Å². The van der Waals surface area contributed by atoms with E-state index in [0.29, 0.717) is 12.1 Å². The van der Waals surface area contributed by atoms with E-state index >= 15 is 0 Å². The van der Waals surface area contributed by atoms with Crippen LogP contribution in [0.4, 0.5) is 10.5 Å². The van der Waals surface area contributed by atoms with Crippen LogP contribution in [0.25, 0.3) is 0 Å². The van der Waals surface area contributed by atoms with E-state index in [4.69, 9.17) is 0 Å². The molecule has 0 bridgehead atoms. The number of urea groups is 1. The van der Waals surface area contributed by atoms with Gasteiger partial charge in [-0.3, -0.25) is 4.79 Å². The number of carbonyl (C=O) groups excluding carboxylic acids is 2.